The van der Waals surface area contributed by atoms with E-state index < -0.39 is 35.1 Å². The Morgan fingerprint density at radius 2 is 1.95 bits per heavy atom. The summed E-state index contributed by atoms with van der Waals surface area (Å²) in [6.07, 6.45) is 2.66. The Balaban J connectivity index is 2.81. The maximum atomic E-state index is 12.3. The third kappa shape index (κ3) is 4.16. The average Bonchev–Trinajstić information content (AvgIpc) is 2.51. The Morgan fingerprint density at radius 3 is 2.50 bits per heavy atom. The lowest BCUT2D eigenvalue weighted by Crippen LogP contribution is -2.53. The van der Waals surface area contributed by atoms with Gasteiger partial charge in [-0.05, 0) is 33.1 Å². The van der Waals surface area contributed by atoms with Crippen molar-refractivity contribution in [2.24, 2.45) is 5.41 Å². The molecular weight excluding hydrogens is 290 g/mol. The molecule has 1 aliphatic heterocycles. The van der Waals surface area contributed by atoms with Crippen LogP contribution in [0.25, 0.3) is 0 Å². The summed E-state index contributed by atoms with van der Waals surface area (Å²) < 4.78 is 4.82. The first kappa shape index (κ1) is 17.9. The van der Waals surface area contributed by atoms with Crippen molar-refractivity contribution in [3.05, 3.63) is 12.7 Å². The summed E-state index contributed by atoms with van der Waals surface area (Å²) in [6.45, 7) is 6.17. The van der Waals surface area contributed by atoms with Gasteiger partial charge in [-0.15, -0.1) is 0 Å². The molecule has 0 bridgehead atoms. The van der Waals surface area contributed by atoms with Crippen molar-refractivity contribution < 1.29 is 29.0 Å². The highest BCUT2D eigenvalue weighted by Crippen LogP contribution is 2.23. The summed E-state index contributed by atoms with van der Waals surface area (Å²) in [7, 11) is 0. The number of nitrogens with zero attached hydrogens (tertiary/aromatic N) is 1. The Morgan fingerprint density at radius 1 is 1.32 bits per heavy atom. The second-order valence-electron chi connectivity index (χ2n) is 5.87. The van der Waals surface area contributed by atoms with Crippen LogP contribution in [0.2, 0.25) is 0 Å². The van der Waals surface area contributed by atoms with Crippen LogP contribution in [0, 0.1) is 5.41 Å². The summed E-state index contributed by atoms with van der Waals surface area (Å²) in [5, 5.41) is 9.16. The zero-order chi connectivity index (χ0) is 16.9. The van der Waals surface area contributed by atoms with Crippen molar-refractivity contribution in [3.63, 3.8) is 0 Å². The van der Waals surface area contributed by atoms with Crippen molar-refractivity contribution in [2.75, 3.05) is 13.2 Å². The molecule has 0 radical (unpaired) electrons. The van der Waals surface area contributed by atoms with E-state index in [4.69, 9.17) is 9.84 Å². The number of ether oxygens (including phenoxy) is 1. The fourth-order valence-electron chi connectivity index (χ4n) is 2.23. The summed E-state index contributed by atoms with van der Waals surface area (Å²) in [4.78, 5) is 48.0. The molecular formula is C15H21NO6. The molecule has 0 aromatic carbocycles. The monoisotopic (exact) mass is 311 g/mol. The molecule has 1 saturated heterocycles. The summed E-state index contributed by atoms with van der Waals surface area (Å²) in [5.74, 6) is -3.41. The van der Waals surface area contributed by atoms with Crippen molar-refractivity contribution in [3.8, 4) is 0 Å². The highest BCUT2D eigenvalue weighted by molar-refractivity contribution is 6.38. The topological polar surface area (TPSA) is 101 Å². The zero-order valence-corrected chi connectivity index (χ0v) is 12.8. The molecule has 0 aromatic rings. The molecule has 1 aliphatic rings. The van der Waals surface area contributed by atoms with Gasteiger partial charge in [0.1, 0.15) is 12.6 Å². The number of carboxylic acids is 1. The van der Waals surface area contributed by atoms with Crippen LogP contribution in [0.3, 0.4) is 0 Å². The van der Waals surface area contributed by atoms with Crippen LogP contribution in [0.5, 0.6) is 0 Å². The molecule has 0 aliphatic carbocycles. The zero-order valence-electron chi connectivity index (χ0n) is 12.8. The Kier molecular flexibility index (Phi) is 5.84. The van der Waals surface area contributed by atoms with Crippen LogP contribution in [-0.2, 0) is 23.9 Å². The summed E-state index contributed by atoms with van der Waals surface area (Å²) in [6, 6.07) is -0.975. The van der Waals surface area contributed by atoms with E-state index in [0.717, 1.165) is 11.0 Å². The number of Topliss-reactive ketones (excluding diaryl/α,β-unsaturated/α-hetero) is 1. The molecule has 0 saturated carbocycles. The molecule has 1 N–H and O–H groups in total. The van der Waals surface area contributed by atoms with Crippen LogP contribution in [0.1, 0.15) is 33.1 Å². The number of rotatable bonds is 6. The number of likely N-dealkylation sites (tertiary alicyclic amines) is 1. The predicted octanol–water partition coefficient (Wildman–Crippen LogP) is 0.777. The number of ketones is 1. The second-order valence-corrected chi connectivity index (χ2v) is 5.87. The van der Waals surface area contributed by atoms with Gasteiger partial charge in [-0.25, -0.2) is 9.59 Å². The molecule has 1 amide bonds. The maximum Gasteiger partial charge on any atom is 0.330 e. The minimum Gasteiger partial charge on any atom is -0.480 e. The normalized spacial score (nSPS) is 18.5. The number of esters is 1. The molecule has 1 atom stereocenters. The number of carbonyl (C=O) groups is 4. The van der Waals surface area contributed by atoms with Crippen molar-refractivity contribution >= 4 is 23.6 Å². The smallest absolute Gasteiger partial charge is 0.330 e. The van der Waals surface area contributed by atoms with Gasteiger partial charge in [0.15, 0.2) is 0 Å². The minimum atomic E-state index is -1.23. The highest BCUT2D eigenvalue weighted by Gasteiger charge is 2.41. The highest BCUT2D eigenvalue weighted by atomic mass is 16.5. The minimum absolute atomic E-state index is 0.240. The van der Waals surface area contributed by atoms with Crippen molar-refractivity contribution in [1.82, 2.24) is 4.90 Å². The molecule has 22 heavy (non-hydrogen) atoms. The number of carboxylic acid groups (broad SMARTS) is 1. The molecule has 1 fully saturated rings. The largest absolute Gasteiger partial charge is 0.480 e. The van der Waals surface area contributed by atoms with Crippen LogP contribution >= 0.6 is 0 Å². The van der Waals surface area contributed by atoms with E-state index in [1.807, 2.05) is 0 Å². The van der Waals surface area contributed by atoms with Gasteiger partial charge in [-0.2, -0.15) is 0 Å². The van der Waals surface area contributed by atoms with E-state index in [1.165, 1.54) is 13.8 Å². The van der Waals surface area contributed by atoms with Crippen LogP contribution in [0.15, 0.2) is 12.7 Å². The first-order valence-electron chi connectivity index (χ1n) is 7.08. The van der Waals surface area contributed by atoms with Gasteiger partial charge in [0.2, 0.25) is 5.78 Å². The Bertz CT molecular complexity index is 496. The molecule has 0 unspecified atom stereocenters. The lowest BCUT2D eigenvalue weighted by molar-refractivity contribution is -0.159. The van der Waals surface area contributed by atoms with Gasteiger partial charge in [-0.1, -0.05) is 6.58 Å². The number of piperidine rings is 1. The maximum absolute atomic E-state index is 12.3. The molecule has 0 aromatic heterocycles. The molecule has 7 nitrogen and oxygen atoms in total. The van der Waals surface area contributed by atoms with Gasteiger partial charge in [0, 0.05) is 12.6 Å². The number of hydrogen-bond donors (Lipinski definition) is 1. The third-order valence-corrected chi connectivity index (χ3v) is 3.60. The number of amides is 1. The molecule has 122 valence electrons. The van der Waals surface area contributed by atoms with Crippen molar-refractivity contribution in [1.29, 1.82) is 0 Å². The SMILES string of the molecule is C=CC(=O)OCC(C)(C)C(=O)C(=O)N1CCCC[C@H]1C(=O)O. The molecule has 1 rings (SSSR count). The first-order chi connectivity index (χ1) is 10.2. The van der Waals surface area contributed by atoms with E-state index in [2.05, 4.69) is 6.58 Å². The van der Waals surface area contributed by atoms with Gasteiger partial charge < -0.3 is 14.7 Å². The van der Waals surface area contributed by atoms with E-state index in [1.54, 1.807) is 0 Å². The Labute approximate surface area is 128 Å². The van der Waals surface area contributed by atoms with Crippen LogP contribution in [-0.4, -0.2) is 52.8 Å². The number of aliphatic carboxylic acids is 1. The van der Waals surface area contributed by atoms with E-state index in [-0.39, 0.29) is 13.2 Å². The lowest BCUT2D eigenvalue weighted by Gasteiger charge is -2.34. The Hall–Kier alpha value is -2.18. The summed E-state index contributed by atoms with van der Waals surface area (Å²) >= 11 is 0. The quantitative estimate of drug-likeness (QED) is 0.442. The third-order valence-electron chi connectivity index (χ3n) is 3.60. The fraction of sp³-hybridized carbons (Fsp3) is 0.600. The van der Waals surface area contributed by atoms with E-state index in [0.29, 0.717) is 19.3 Å². The number of hydrogen-bond acceptors (Lipinski definition) is 5. The molecule has 0 spiro atoms. The van der Waals surface area contributed by atoms with E-state index in [9.17, 15) is 19.2 Å². The van der Waals surface area contributed by atoms with Gasteiger partial charge in [0.05, 0.1) is 5.41 Å². The van der Waals surface area contributed by atoms with Crippen LogP contribution in [0.4, 0.5) is 0 Å². The average molecular weight is 311 g/mol. The van der Waals surface area contributed by atoms with Gasteiger partial charge in [0.25, 0.3) is 5.91 Å². The predicted molar refractivity (Wildman–Crippen MR) is 76.9 cm³/mol. The van der Waals surface area contributed by atoms with Gasteiger partial charge >= 0.3 is 11.9 Å². The second kappa shape index (κ2) is 7.20. The number of carbonyl (C=O) groups excluding carboxylic acids is 3. The molecule has 1 heterocycles. The first-order valence-corrected chi connectivity index (χ1v) is 7.08. The van der Waals surface area contributed by atoms with Crippen LogP contribution < -0.4 is 0 Å². The molecule has 7 heteroatoms. The van der Waals surface area contributed by atoms with E-state index >= 15 is 0 Å². The fourth-order valence-corrected chi connectivity index (χ4v) is 2.23. The lowest BCUT2D eigenvalue weighted by atomic mass is 9.87. The summed E-state index contributed by atoms with van der Waals surface area (Å²) in [5.41, 5.74) is -1.23. The van der Waals surface area contributed by atoms with Gasteiger partial charge in [-0.3, -0.25) is 9.59 Å². The standard InChI is InChI=1S/C15H21NO6/c1-4-11(17)22-9-15(2,3)12(18)13(19)16-8-6-5-7-10(16)14(20)21/h4,10H,1,5-9H2,2-3H3,(H,20,21)/t10-/m0/s1. The van der Waals surface area contributed by atoms with Crippen molar-refractivity contribution in [2.45, 2.75) is 39.2 Å².